The third-order valence-electron chi connectivity index (χ3n) is 2.57. The van der Waals surface area contributed by atoms with E-state index in [9.17, 15) is 9.59 Å². The molecule has 1 saturated carbocycles. The molecule has 2 N–H and O–H groups in total. The number of rotatable bonds is 4. The fourth-order valence-electron chi connectivity index (χ4n) is 1.34. The second-order valence-electron chi connectivity index (χ2n) is 3.83. The van der Waals surface area contributed by atoms with Crippen LogP contribution >= 0.6 is 0 Å². The van der Waals surface area contributed by atoms with E-state index in [1.807, 2.05) is 0 Å². The van der Waals surface area contributed by atoms with Crippen molar-refractivity contribution in [3.63, 3.8) is 0 Å². The van der Waals surface area contributed by atoms with Crippen LogP contribution in [0.5, 0.6) is 0 Å². The third-order valence-corrected chi connectivity index (χ3v) is 2.57. The second kappa shape index (κ2) is 5.31. The Morgan fingerprint density at radius 2 is 2.12 bits per heavy atom. The minimum absolute atomic E-state index is 0.0683. The molecule has 0 aromatic rings. The van der Waals surface area contributed by atoms with Gasteiger partial charge in [-0.1, -0.05) is 6.42 Å². The van der Waals surface area contributed by atoms with Gasteiger partial charge in [0.2, 0.25) is 5.78 Å². The molecule has 0 bridgehead atoms. The normalized spacial score (nSPS) is 16.8. The van der Waals surface area contributed by atoms with E-state index in [4.69, 9.17) is 15.7 Å². The average Bonchev–Trinajstić information content (AvgIpc) is 2.12. The molecule has 86 valence electrons. The summed E-state index contributed by atoms with van der Waals surface area (Å²) in [7, 11) is 0. The van der Waals surface area contributed by atoms with Crippen molar-refractivity contribution >= 4 is 11.8 Å². The molecule has 5 heteroatoms. The van der Waals surface area contributed by atoms with Gasteiger partial charge in [-0.15, -0.1) is 0 Å². The number of hydrogen-bond acceptors (Lipinski definition) is 5. The van der Waals surface area contributed by atoms with Crippen molar-refractivity contribution in [2.45, 2.75) is 26.2 Å². The van der Waals surface area contributed by atoms with Crippen LogP contribution in [0, 0.1) is 17.2 Å². The third kappa shape index (κ3) is 2.83. The molecule has 1 rings (SSSR count). The van der Waals surface area contributed by atoms with Crippen molar-refractivity contribution in [3.05, 3.63) is 11.3 Å². The Morgan fingerprint density at radius 3 is 2.50 bits per heavy atom. The highest BCUT2D eigenvalue weighted by Crippen LogP contribution is 2.27. The van der Waals surface area contributed by atoms with E-state index in [-0.39, 0.29) is 23.2 Å². The van der Waals surface area contributed by atoms with Gasteiger partial charge in [0.1, 0.15) is 11.6 Å². The molecule has 0 heterocycles. The maximum absolute atomic E-state index is 11.4. The fourth-order valence-corrected chi connectivity index (χ4v) is 1.34. The average molecular weight is 222 g/mol. The lowest BCUT2D eigenvalue weighted by Gasteiger charge is -2.22. The number of nitriles is 1. The smallest absolute Gasteiger partial charge is 0.309 e. The van der Waals surface area contributed by atoms with Crippen LogP contribution in [0.4, 0.5) is 0 Å². The highest BCUT2D eigenvalue weighted by molar-refractivity contribution is 6.01. The number of carbonyl (C=O) groups excluding carboxylic acids is 2. The molecule has 0 radical (unpaired) electrons. The van der Waals surface area contributed by atoms with Gasteiger partial charge in [-0.25, -0.2) is 0 Å². The Hall–Kier alpha value is -1.83. The second-order valence-corrected chi connectivity index (χ2v) is 3.83. The minimum Gasteiger partial charge on any atom is -0.457 e. The predicted molar refractivity (Wildman–Crippen MR) is 55.8 cm³/mol. The highest BCUT2D eigenvalue weighted by Gasteiger charge is 2.27. The summed E-state index contributed by atoms with van der Waals surface area (Å²) in [5.41, 5.74) is 5.36. The van der Waals surface area contributed by atoms with Gasteiger partial charge >= 0.3 is 5.97 Å². The zero-order valence-corrected chi connectivity index (χ0v) is 9.16. The molecule has 0 saturated heterocycles. The first-order valence-corrected chi connectivity index (χ1v) is 5.12. The van der Waals surface area contributed by atoms with E-state index >= 15 is 0 Å². The van der Waals surface area contributed by atoms with Crippen molar-refractivity contribution in [1.29, 1.82) is 5.26 Å². The number of hydrogen-bond donors (Lipinski definition) is 1. The number of nitrogens with two attached hydrogens (primary N) is 1. The summed E-state index contributed by atoms with van der Waals surface area (Å²) in [5.74, 6) is -0.969. The number of Topliss-reactive ketones (excluding diaryl/α,β-unsaturated/α-hetero) is 1. The zero-order valence-electron chi connectivity index (χ0n) is 9.16. The van der Waals surface area contributed by atoms with Crippen molar-refractivity contribution in [1.82, 2.24) is 0 Å². The molecule has 1 fully saturated rings. The molecule has 0 aromatic heterocycles. The van der Waals surface area contributed by atoms with Crippen LogP contribution in [0.3, 0.4) is 0 Å². The summed E-state index contributed by atoms with van der Waals surface area (Å²) in [6.45, 7) is 1.07. The molecule has 1 aliphatic carbocycles. The van der Waals surface area contributed by atoms with Crippen LogP contribution in [0.25, 0.3) is 0 Å². The lowest BCUT2D eigenvalue weighted by molar-refractivity contribution is -0.153. The SMILES string of the molecule is C/C(N)=C(\C#N)C(=O)COC(=O)C1CCC1. The van der Waals surface area contributed by atoms with Crippen molar-refractivity contribution < 1.29 is 14.3 Å². The summed E-state index contributed by atoms with van der Waals surface area (Å²) in [6.07, 6.45) is 2.67. The summed E-state index contributed by atoms with van der Waals surface area (Å²) in [6, 6.07) is 1.70. The van der Waals surface area contributed by atoms with Crippen molar-refractivity contribution in [2.75, 3.05) is 6.61 Å². The largest absolute Gasteiger partial charge is 0.457 e. The Balaban J connectivity index is 2.43. The fraction of sp³-hybridized carbons (Fsp3) is 0.545. The lowest BCUT2D eigenvalue weighted by Crippen LogP contribution is -2.26. The van der Waals surface area contributed by atoms with Gasteiger partial charge in [-0.2, -0.15) is 5.26 Å². The van der Waals surface area contributed by atoms with Crippen molar-refractivity contribution in [3.8, 4) is 6.07 Å². The molecule has 1 aliphatic rings. The van der Waals surface area contributed by atoms with Gasteiger partial charge in [0.05, 0.1) is 5.92 Å². The Labute approximate surface area is 93.9 Å². The first-order valence-electron chi connectivity index (χ1n) is 5.12. The molecular formula is C11H14N2O3. The molecule has 5 nitrogen and oxygen atoms in total. The van der Waals surface area contributed by atoms with Crippen molar-refractivity contribution in [2.24, 2.45) is 11.7 Å². The maximum atomic E-state index is 11.4. The van der Waals surface area contributed by atoms with Crippen LogP contribution < -0.4 is 5.73 Å². The maximum Gasteiger partial charge on any atom is 0.309 e. The number of ether oxygens (including phenoxy) is 1. The Morgan fingerprint density at radius 1 is 1.50 bits per heavy atom. The summed E-state index contributed by atoms with van der Waals surface area (Å²) in [4.78, 5) is 22.7. The number of carbonyl (C=O) groups is 2. The van der Waals surface area contributed by atoms with Gasteiger partial charge in [-0.05, 0) is 19.8 Å². The summed E-state index contributed by atoms with van der Waals surface area (Å²) < 4.78 is 4.81. The van der Waals surface area contributed by atoms with Gasteiger partial charge in [-0.3, -0.25) is 9.59 Å². The molecule has 0 amide bonds. The van der Waals surface area contributed by atoms with Gasteiger partial charge in [0.15, 0.2) is 6.61 Å². The van der Waals surface area contributed by atoms with Gasteiger partial charge in [0.25, 0.3) is 0 Å². The molecule has 0 aliphatic heterocycles. The monoisotopic (exact) mass is 222 g/mol. The van der Waals surface area contributed by atoms with E-state index in [1.54, 1.807) is 6.07 Å². The predicted octanol–water partition coefficient (Wildman–Crippen LogP) is 0.655. The Kier molecular flexibility index (Phi) is 4.06. The highest BCUT2D eigenvalue weighted by atomic mass is 16.5. The lowest BCUT2D eigenvalue weighted by atomic mass is 9.86. The van der Waals surface area contributed by atoms with E-state index in [0.717, 1.165) is 19.3 Å². The summed E-state index contributed by atoms with van der Waals surface area (Å²) >= 11 is 0. The van der Waals surface area contributed by atoms with Crippen LogP contribution in [-0.4, -0.2) is 18.4 Å². The van der Waals surface area contributed by atoms with E-state index in [1.165, 1.54) is 6.92 Å². The molecular weight excluding hydrogens is 208 g/mol. The van der Waals surface area contributed by atoms with Crippen LogP contribution in [-0.2, 0) is 14.3 Å². The first-order chi connectivity index (χ1) is 7.56. The molecule has 0 unspecified atom stereocenters. The number of esters is 1. The molecule has 16 heavy (non-hydrogen) atoms. The van der Waals surface area contributed by atoms with E-state index in [2.05, 4.69) is 0 Å². The van der Waals surface area contributed by atoms with Crippen LogP contribution in [0.1, 0.15) is 26.2 Å². The van der Waals surface area contributed by atoms with Gasteiger partial charge in [0, 0.05) is 5.70 Å². The first kappa shape index (κ1) is 12.2. The van der Waals surface area contributed by atoms with Crippen LogP contribution in [0.2, 0.25) is 0 Å². The number of nitrogens with zero attached hydrogens (tertiary/aromatic N) is 1. The van der Waals surface area contributed by atoms with E-state index < -0.39 is 12.4 Å². The summed E-state index contributed by atoms with van der Waals surface area (Å²) in [5, 5.41) is 8.65. The number of allylic oxidation sites excluding steroid dienone is 1. The number of ketones is 1. The minimum atomic E-state index is -0.546. The Bertz CT molecular complexity index is 371. The quantitative estimate of drug-likeness (QED) is 0.428. The molecule has 0 atom stereocenters. The van der Waals surface area contributed by atoms with Crippen LogP contribution in [0.15, 0.2) is 11.3 Å². The molecule has 0 aromatic carbocycles. The van der Waals surface area contributed by atoms with Gasteiger partial charge < -0.3 is 10.5 Å². The molecule has 0 spiro atoms. The topological polar surface area (TPSA) is 93.2 Å². The van der Waals surface area contributed by atoms with E-state index in [0.29, 0.717) is 0 Å². The zero-order chi connectivity index (χ0) is 12.1. The standard InChI is InChI=1S/C11H14N2O3/c1-7(13)9(5-12)10(14)6-16-11(15)8-3-2-4-8/h8H,2-4,6,13H2,1H3/b9-7-.